The molecule has 4 rings (SSSR count). The standard InChI is InChI=1S/C23H21N3OS/c1-27-20-14-12-19(13-15-20)24-23(28)26-22(18-10-6-3-7-11-18)16-21(25-26)17-8-4-2-5-9-17/h2-15,22H,16H2,1H3,(H,24,28). The maximum atomic E-state index is 5.71. The SMILES string of the molecule is COc1ccc(NC(=S)N2N=C(c3ccccc3)CC2c2ccccc2)cc1. The molecule has 140 valence electrons. The van der Waals surface area contributed by atoms with Gasteiger partial charge in [0.15, 0.2) is 5.11 Å². The van der Waals surface area contributed by atoms with E-state index < -0.39 is 0 Å². The number of nitrogens with one attached hydrogen (secondary N) is 1. The monoisotopic (exact) mass is 387 g/mol. The highest BCUT2D eigenvalue weighted by molar-refractivity contribution is 7.80. The van der Waals surface area contributed by atoms with E-state index in [4.69, 9.17) is 22.1 Å². The molecule has 5 heteroatoms. The number of hydrogen-bond donors (Lipinski definition) is 1. The Labute approximate surface area is 170 Å². The maximum absolute atomic E-state index is 5.71. The average Bonchev–Trinajstić information content (AvgIpc) is 3.21. The summed E-state index contributed by atoms with van der Waals surface area (Å²) in [6.45, 7) is 0. The van der Waals surface area contributed by atoms with Crippen LogP contribution in [0.1, 0.15) is 23.6 Å². The van der Waals surface area contributed by atoms with Gasteiger partial charge < -0.3 is 10.1 Å². The lowest BCUT2D eigenvalue weighted by Gasteiger charge is -2.25. The molecular formula is C23H21N3OS. The molecule has 0 amide bonds. The molecule has 0 bridgehead atoms. The lowest BCUT2D eigenvalue weighted by molar-refractivity contribution is 0.375. The highest BCUT2D eigenvalue weighted by Crippen LogP contribution is 2.33. The van der Waals surface area contributed by atoms with Gasteiger partial charge in [-0.15, -0.1) is 0 Å². The van der Waals surface area contributed by atoms with Crippen LogP contribution in [0, 0.1) is 0 Å². The van der Waals surface area contributed by atoms with E-state index in [0.29, 0.717) is 5.11 Å². The Kier molecular flexibility index (Phi) is 5.35. The van der Waals surface area contributed by atoms with Gasteiger partial charge in [0.1, 0.15) is 5.75 Å². The van der Waals surface area contributed by atoms with Gasteiger partial charge in [-0.2, -0.15) is 5.10 Å². The Morgan fingerprint density at radius 2 is 1.61 bits per heavy atom. The molecule has 0 spiro atoms. The fourth-order valence-corrected chi connectivity index (χ4v) is 3.58. The predicted molar refractivity (Wildman–Crippen MR) is 118 cm³/mol. The number of rotatable bonds is 4. The first-order valence-corrected chi connectivity index (χ1v) is 9.57. The summed E-state index contributed by atoms with van der Waals surface area (Å²) in [6, 6.07) is 28.4. The van der Waals surface area contributed by atoms with Crippen molar-refractivity contribution in [1.29, 1.82) is 0 Å². The second kappa shape index (κ2) is 8.23. The molecule has 0 fully saturated rings. The highest BCUT2D eigenvalue weighted by Gasteiger charge is 2.31. The van der Waals surface area contributed by atoms with Gasteiger partial charge in [-0.3, -0.25) is 0 Å². The lowest BCUT2D eigenvalue weighted by atomic mass is 9.99. The number of benzene rings is 3. The minimum absolute atomic E-state index is 0.0645. The summed E-state index contributed by atoms with van der Waals surface area (Å²) in [6.07, 6.45) is 0.804. The van der Waals surface area contributed by atoms with Gasteiger partial charge in [-0.05, 0) is 47.6 Å². The first kappa shape index (κ1) is 18.2. The van der Waals surface area contributed by atoms with Gasteiger partial charge >= 0.3 is 0 Å². The summed E-state index contributed by atoms with van der Waals surface area (Å²) in [5, 5.41) is 10.7. The molecule has 1 atom stereocenters. The van der Waals surface area contributed by atoms with Gasteiger partial charge in [-0.25, -0.2) is 5.01 Å². The van der Waals surface area contributed by atoms with Crippen LogP contribution < -0.4 is 10.1 Å². The molecule has 28 heavy (non-hydrogen) atoms. The fraction of sp³-hybridized carbons (Fsp3) is 0.130. The Bertz CT molecular complexity index is 972. The van der Waals surface area contributed by atoms with Crippen molar-refractivity contribution in [3.05, 3.63) is 96.1 Å². The third-order valence-corrected chi connectivity index (χ3v) is 5.04. The summed E-state index contributed by atoms with van der Waals surface area (Å²) >= 11 is 5.71. The van der Waals surface area contributed by atoms with Crippen molar-refractivity contribution in [3.63, 3.8) is 0 Å². The van der Waals surface area contributed by atoms with Crippen LogP contribution in [0.2, 0.25) is 0 Å². The van der Waals surface area contributed by atoms with Gasteiger partial charge in [0.2, 0.25) is 0 Å². The molecule has 0 saturated carbocycles. The van der Waals surface area contributed by atoms with Crippen molar-refractivity contribution in [2.24, 2.45) is 5.10 Å². The summed E-state index contributed by atoms with van der Waals surface area (Å²) in [5.74, 6) is 0.809. The summed E-state index contributed by atoms with van der Waals surface area (Å²) in [5.41, 5.74) is 4.25. The molecule has 1 heterocycles. The summed E-state index contributed by atoms with van der Waals surface area (Å²) in [7, 11) is 1.65. The van der Waals surface area contributed by atoms with Gasteiger partial charge in [0, 0.05) is 12.1 Å². The Hall–Kier alpha value is -3.18. The van der Waals surface area contributed by atoms with Gasteiger partial charge in [0.05, 0.1) is 18.9 Å². The average molecular weight is 388 g/mol. The van der Waals surface area contributed by atoms with E-state index in [2.05, 4.69) is 29.6 Å². The predicted octanol–water partition coefficient (Wildman–Crippen LogP) is 5.24. The van der Waals surface area contributed by atoms with Crippen molar-refractivity contribution in [2.75, 3.05) is 12.4 Å². The Balaban J connectivity index is 1.61. The highest BCUT2D eigenvalue weighted by atomic mass is 32.1. The summed E-state index contributed by atoms with van der Waals surface area (Å²) < 4.78 is 5.22. The molecule has 0 aromatic heterocycles. The van der Waals surface area contributed by atoms with Crippen LogP contribution in [0.5, 0.6) is 5.75 Å². The molecule has 1 unspecified atom stereocenters. The molecule has 0 aliphatic carbocycles. The molecule has 1 N–H and O–H groups in total. The minimum atomic E-state index is 0.0645. The van der Waals surface area contributed by atoms with Crippen LogP contribution in [0.25, 0.3) is 0 Å². The first-order valence-electron chi connectivity index (χ1n) is 9.17. The largest absolute Gasteiger partial charge is 0.497 e. The topological polar surface area (TPSA) is 36.9 Å². The third-order valence-electron chi connectivity index (χ3n) is 4.75. The van der Waals surface area contributed by atoms with E-state index in [1.54, 1.807) is 7.11 Å². The first-order chi connectivity index (χ1) is 13.7. The van der Waals surface area contributed by atoms with Crippen molar-refractivity contribution in [1.82, 2.24) is 5.01 Å². The van der Waals surface area contributed by atoms with E-state index in [-0.39, 0.29) is 6.04 Å². The number of anilines is 1. The second-order valence-corrected chi connectivity index (χ2v) is 6.93. The van der Waals surface area contributed by atoms with E-state index >= 15 is 0 Å². The van der Waals surface area contributed by atoms with Crippen molar-refractivity contribution >= 4 is 28.7 Å². The van der Waals surface area contributed by atoms with E-state index in [1.807, 2.05) is 65.7 Å². The van der Waals surface area contributed by atoms with Crippen molar-refractivity contribution < 1.29 is 4.74 Å². The zero-order chi connectivity index (χ0) is 19.3. The van der Waals surface area contributed by atoms with Crippen LogP contribution in [0.15, 0.2) is 90.0 Å². The van der Waals surface area contributed by atoms with Crippen LogP contribution >= 0.6 is 12.2 Å². The smallest absolute Gasteiger partial charge is 0.194 e. The van der Waals surface area contributed by atoms with Gasteiger partial charge in [-0.1, -0.05) is 60.7 Å². The number of thiocarbonyl (C=S) groups is 1. The van der Waals surface area contributed by atoms with Crippen molar-refractivity contribution in [2.45, 2.75) is 12.5 Å². The van der Waals surface area contributed by atoms with E-state index in [9.17, 15) is 0 Å². The number of ether oxygens (including phenoxy) is 1. The molecule has 3 aromatic rings. The Morgan fingerprint density at radius 1 is 0.964 bits per heavy atom. The maximum Gasteiger partial charge on any atom is 0.194 e. The normalized spacial score (nSPS) is 15.8. The molecule has 1 aliphatic heterocycles. The van der Waals surface area contributed by atoms with E-state index in [0.717, 1.165) is 29.1 Å². The van der Waals surface area contributed by atoms with E-state index in [1.165, 1.54) is 5.56 Å². The number of hydrazone groups is 1. The second-order valence-electron chi connectivity index (χ2n) is 6.55. The summed E-state index contributed by atoms with van der Waals surface area (Å²) in [4.78, 5) is 0. The fourth-order valence-electron chi connectivity index (χ4n) is 3.29. The molecule has 0 radical (unpaired) electrons. The quantitative estimate of drug-likeness (QED) is 0.621. The van der Waals surface area contributed by atoms with Gasteiger partial charge in [0.25, 0.3) is 0 Å². The molecule has 1 aliphatic rings. The zero-order valence-corrected chi connectivity index (χ0v) is 16.4. The number of hydrogen-bond acceptors (Lipinski definition) is 3. The number of nitrogens with zero attached hydrogens (tertiary/aromatic N) is 2. The Morgan fingerprint density at radius 3 is 2.25 bits per heavy atom. The third kappa shape index (κ3) is 3.89. The van der Waals surface area contributed by atoms with Crippen LogP contribution in [-0.4, -0.2) is 22.9 Å². The molecule has 3 aromatic carbocycles. The number of methoxy groups -OCH3 is 1. The molecular weight excluding hydrogens is 366 g/mol. The minimum Gasteiger partial charge on any atom is -0.497 e. The molecule has 4 nitrogen and oxygen atoms in total. The van der Waals surface area contributed by atoms with Crippen LogP contribution in [0.3, 0.4) is 0 Å². The van der Waals surface area contributed by atoms with Crippen molar-refractivity contribution in [3.8, 4) is 5.75 Å². The lowest BCUT2D eigenvalue weighted by Crippen LogP contribution is -2.31. The zero-order valence-electron chi connectivity index (χ0n) is 15.6. The molecule has 0 saturated heterocycles. The van der Waals surface area contributed by atoms with Crippen LogP contribution in [0.4, 0.5) is 5.69 Å². The van der Waals surface area contributed by atoms with Crippen LogP contribution in [-0.2, 0) is 0 Å².